The summed E-state index contributed by atoms with van der Waals surface area (Å²) in [7, 11) is 0. The lowest BCUT2D eigenvalue weighted by Gasteiger charge is -2.22. The highest BCUT2D eigenvalue weighted by Gasteiger charge is 2.22. The first kappa shape index (κ1) is 16.0. The molecule has 1 unspecified atom stereocenters. The van der Waals surface area contributed by atoms with Crippen molar-refractivity contribution in [1.29, 1.82) is 0 Å². The van der Waals surface area contributed by atoms with Gasteiger partial charge in [0.15, 0.2) is 0 Å². The molecule has 1 atom stereocenters. The molecule has 4 nitrogen and oxygen atoms in total. The molecule has 2 heterocycles. The molecular weight excluding hydrogens is 284 g/mol. The van der Waals surface area contributed by atoms with Crippen LogP contribution >= 0.6 is 11.6 Å². The summed E-state index contributed by atoms with van der Waals surface area (Å²) < 4.78 is 2.00. The minimum Gasteiger partial charge on any atom is -0.308 e. The summed E-state index contributed by atoms with van der Waals surface area (Å²) in [4.78, 5) is 4.43. The second kappa shape index (κ2) is 7.57. The first-order chi connectivity index (χ1) is 10.1. The number of hydrogen-bond donors (Lipinski definition) is 1. The molecule has 2 rings (SSSR count). The number of pyridine rings is 1. The average Bonchev–Trinajstić information content (AvgIpc) is 2.86. The normalized spacial score (nSPS) is 12.8. The maximum absolute atomic E-state index is 6.39. The highest BCUT2D eigenvalue weighted by Crippen LogP contribution is 2.27. The molecule has 0 radical (unpaired) electrons. The Morgan fingerprint density at radius 2 is 2.14 bits per heavy atom. The van der Waals surface area contributed by atoms with E-state index in [4.69, 9.17) is 11.6 Å². The van der Waals surface area contributed by atoms with E-state index in [1.54, 1.807) is 6.20 Å². The van der Waals surface area contributed by atoms with Gasteiger partial charge in [-0.15, -0.1) is 0 Å². The van der Waals surface area contributed by atoms with Gasteiger partial charge in [0.05, 0.1) is 23.0 Å². The first-order valence-corrected chi connectivity index (χ1v) is 7.87. The SMILES string of the molecule is CCCNC(Cc1ccccn1)c1c(Cl)cnn1C(C)C. The number of rotatable bonds is 7. The molecule has 0 aliphatic rings. The minimum atomic E-state index is 0.122. The lowest BCUT2D eigenvalue weighted by molar-refractivity contribution is 0.440. The molecule has 1 N–H and O–H groups in total. The topological polar surface area (TPSA) is 42.7 Å². The van der Waals surface area contributed by atoms with E-state index in [1.807, 2.05) is 29.1 Å². The van der Waals surface area contributed by atoms with Crippen LogP contribution in [0, 0.1) is 0 Å². The molecule has 114 valence electrons. The lowest BCUT2D eigenvalue weighted by atomic mass is 10.1. The van der Waals surface area contributed by atoms with Gasteiger partial charge in [-0.25, -0.2) is 0 Å². The molecule has 0 bridgehead atoms. The predicted molar refractivity (Wildman–Crippen MR) is 86.6 cm³/mol. The first-order valence-electron chi connectivity index (χ1n) is 7.49. The van der Waals surface area contributed by atoms with E-state index in [1.165, 1.54) is 0 Å². The van der Waals surface area contributed by atoms with E-state index in [9.17, 15) is 0 Å². The fraction of sp³-hybridized carbons (Fsp3) is 0.500. The Hall–Kier alpha value is -1.39. The van der Waals surface area contributed by atoms with E-state index in [2.05, 4.69) is 36.2 Å². The van der Waals surface area contributed by atoms with Gasteiger partial charge in [-0.2, -0.15) is 5.10 Å². The third-order valence-electron chi connectivity index (χ3n) is 3.39. The molecule has 5 heteroatoms. The van der Waals surface area contributed by atoms with Gasteiger partial charge in [0.2, 0.25) is 0 Å². The third kappa shape index (κ3) is 4.05. The fourth-order valence-corrected chi connectivity index (χ4v) is 2.66. The molecule has 0 fully saturated rings. The lowest BCUT2D eigenvalue weighted by Crippen LogP contribution is -2.27. The molecule has 0 spiro atoms. The Kier molecular flexibility index (Phi) is 5.76. The molecule has 0 saturated carbocycles. The zero-order chi connectivity index (χ0) is 15.2. The number of nitrogens with one attached hydrogen (secondary N) is 1. The fourth-order valence-electron chi connectivity index (χ4n) is 2.40. The molecule has 21 heavy (non-hydrogen) atoms. The predicted octanol–water partition coefficient (Wildman–Crippen LogP) is 3.80. The van der Waals surface area contributed by atoms with Gasteiger partial charge in [-0.1, -0.05) is 24.6 Å². The maximum Gasteiger partial charge on any atom is 0.0834 e. The van der Waals surface area contributed by atoms with Crippen molar-refractivity contribution >= 4 is 11.6 Å². The second-order valence-corrected chi connectivity index (χ2v) is 5.86. The van der Waals surface area contributed by atoms with Gasteiger partial charge >= 0.3 is 0 Å². The molecule has 2 aromatic rings. The minimum absolute atomic E-state index is 0.122. The summed E-state index contributed by atoms with van der Waals surface area (Å²) in [5.41, 5.74) is 2.10. The number of hydrogen-bond acceptors (Lipinski definition) is 3. The van der Waals surface area contributed by atoms with Crippen molar-refractivity contribution in [2.24, 2.45) is 0 Å². The van der Waals surface area contributed by atoms with Gasteiger partial charge in [0.25, 0.3) is 0 Å². The van der Waals surface area contributed by atoms with Crippen molar-refractivity contribution in [2.75, 3.05) is 6.54 Å². The van der Waals surface area contributed by atoms with Crippen molar-refractivity contribution < 1.29 is 0 Å². The van der Waals surface area contributed by atoms with Crippen molar-refractivity contribution in [1.82, 2.24) is 20.1 Å². The second-order valence-electron chi connectivity index (χ2n) is 5.45. The van der Waals surface area contributed by atoms with Crippen molar-refractivity contribution in [3.8, 4) is 0 Å². The summed E-state index contributed by atoms with van der Waals surface area (Å²) >= 11 is 6.39. The van der Waals surface area contributed by atoms with E-state index in [0.29, 0.717) is 5.02 Å². The van der Waals surface area contributed by atoms with Crippen LogP contribution in [0.5, 0.6) is 0 Å². The van der Waals surface area contributed by atoms with Crippen LogP contribution in [0.2, 0.25) is 5.02 Å². The zero-order valence-electron chi connectivity index (χ0n) is 12.9. The van der Waals surface area contributed by atoms with Gasteiger partial charge < -0.3 is 5.32 Å². The van der Waals surface area contributed by atoms with Gasteiger partial charge in [-0.3, -0.25) is 9.67 Å². The van der Waals surface area contributed by atoms with E-state index < -0.39 is 0 Å². The highest BCUT2D eigenvalue weighted by atomic mass is 35.5. The average molecular weight is 307 g/mol. The summed E-state index contributed by atoms with van der Waals surface area (Å²) in [6, 6.07) is 6.40. The smallest absolute Gasteiger partial charge is 0.0834 e. The van der Waals surface area contributed by atoms with Crippen LogP contribution < -0.4 is 5.32 Å². The Labute approximate surface area is 131 Å². The summed E-state index contributed by atoms with van der Waals surface area (Å²) in [5.74, 6) is 0. The Morgan fingerprint density at radius 3 is 2.76 bits per heavy atom. The molecule has 2 aromatic heterocycles. The maximum atomic E-state index is 6.39. The summed E-state index contributed by atoms with van der Waals surface area (Å²) in [6.45, 7) is 7.33. The number of aromatic nitrogens is 3. The van der Waals surface area contributed by atoms with E-state index >= 15 is 0 Å². The van der Waals surface area contributed by atoms with Crippen LogP contribution in [-0.2, 0) is 6.42 Å². The van der Waals surface area contributed by atoms with Crippen LogP contribution in [0.25, 0.3) is 0 Å². The van der Waals surface area contributed by atoms with Crippen LogP contribution in [0.1, 0.15) is 50.7 Å². The van der Waals surface area contributed by atoms with E-state index in [0.717, 1.165) is 30.8 Å². The monoisotopic (exact) mass is 306 g/mol. The molecule has 0 aliphatic heterocycles. The molecule has 0 amide bonds. The Balaban J connectivity index is 2.29. The Bertz CT molecular complexity index is 551. The molecular formula is C16H23ClN4. The largest absolute Gasteiger partial charge is 0.308 e. The zero-order valence-corrected chi connectivity index (χ0v) is 13.6. The van der Waals surface area contributed by atoms with Crippen molar-refractivity contribution in [3.63, 3.8) is 0 Å². The van der Waals surface area contributed by atoms with Gasteiger partial charge in [0.1, 0.15) is 0 Å². The van der Waals surface area contributed by atoms with Gasteiger partial charge in [-0.05, 0) is 38.9 Å². The number of halogens is 1. The molecule has 0 saturated heterocycles. The van der Waals surface area contributed by atoms with Crippen LogP contribution in [0.15, 0.2) is 30.6 Å². The van der Waals surface area contributed by atoms with Crippen molar-refractivity contribution in [3.05, 3.63) is 47.0 Å². The van der Waals surface area contributed by atoms with Crippen LogP contribution in [0.4, 0.5) is 0 Å². The molecule has 0 aliphatic carbocycles. The van der Waals surface area contributed by atoms with Crippen molar-refractivity contribution in [2.45, 2.75) is 45.7 Å². The van der Waals surface area contributed by atoms with Crippen LogP contribution in [-0.4, -0.2) is 21.3 Å². The highest BCUT2D eigenvalue weighted by molar-refractivity contribution is 6.31. The summed E-state index contributed by atoms with van der Waals surface area (Å²) in [6.07, 6.45) is 5.44. The number of nitrogens with zero attached hydrogens (tertiary/aromatic N) is 3. The standard InChI is InChI=1S/C16H23ClN4/c1-4-8-19-15(10-13-7-5-6-9-18-13)16-14(17)11-20-21(16)12(2)3/h5-7,9,11-12,15,19H,4,8,10H2,1-3H3. The third-order valence-corrected chi connectivity index (χ3v) is 3.68. The quantitative estimate of drug-likeness (QED) is 0.846. The van der Waals surface area contributed by atoms with E-state index in [-0.39, 0.29) is 12.1 Å². The summed E-state index contributed by atoms with van der Waals surface area (Å²) in [5, 5.41) is 8.70. The van der Waals surface area contributed by atoms with Gasteiger partial charge in [0, 0.05) is 24.4 Å². The molecule has 0 aromatic carbocycles. The Morgan fingerprint density at radius 1 is 1.33 bits per heavy atom. The van der Waals surface area contributed by atoms with Crippen LogP contribution in [0.3, 0.4) is 0 Å².